The minimum Gasteiger partial charge on any atom is -0.380 e. The van der Waals surface area contributed by atoms with E-state index in [1.165, 1.54) is 0 Å². The van der Waals surface area contributed by atoms with Crippen LogP contribution in [-0.2, 0) is 9.53 Å². The number of carbonyl (C=O) groups excluding carboxylic acids is 1. The Balaban J connectivity index is 2.47. The summed E-state index contributed by atoms with van der Waals surface area (Å²) < 4.78 is 5.13. The zero-order valence-electron chi connectivity index (χ0n) is 7.99. The average Bonchev–Trinajstić information content (AvgIpc) is 2.63. The lowest BCUT2D eigenvalue weighted by molar-refractivity contribution is -0.132. The van der Waals surface area contributed by atoms with Crippen LogP contribution >= 0.6 is 0 Å². The number of hydrogen-bond donors (Lipinski definition) is 0. The maximum absolute atomic E-state index is 11.5. The molecule has 1 aliphatic heterocycles. The van der Waals surface area contributed by atoms with Gasteiger partial charge in [-0.25, -0.2) is 0 Å². The summed E-state index contributed by atoms with van der Waals surface area (Å²) >= 11 is 0. The van der Waals surface area contributed by atoms with Crippen LogP contribution in [0.2, 0.25) is 0 Å². The van der Waals surface area contributed by atoms with Crippen LogP contribution in [0.5, 0.6) is 0 Å². The number of nitrogens with zero attached hydrogens (tertiary/aromatic N) is 2. The van der Waals surface area contributed by atoms with E-state index in [4.69, 9.17) is 10.00 Å². The second kappa shape index (κ2) is 4.24. The molecule has 2 unspecified atom stereocenters. The summed E-state index contributed by atoms with van der Waals surface area (Å²) in [6, 6.07) is 1.94. The van der Waals surface area contributed by atoms with E-state index < -0.39 is 5.92 Å². The van der Waals surface area contributed by atoms with Crippen LogP contribution in [0.3, 0.4) is 0 Å². The first-order chi connectivity index (χ1) is 6.19. The lowest BCUT2D eigenvalue weighted by atomic mass is 10.2. The normalized spacial score (nSPS) is 24.1. The molecule has 1 amide bonds. The highest BCUT2D eigenvalue weighted by atomic mass is 16.5. The second-order valence-corrected chi connectivity index (χ2v) is 3.28. The van der Waals surface area contributed by atoms with Crippen LogP contribution in [0.25, 0.3) is 0 Å². The highest BCUT2D eigenvalue weighted by molar-refractivity contribution is 5.81. The Morgan fingerprint density at radius 1 is 1.77 bits per heavy atom. The lowest BCUT2D eigenvalue weighted by Gasteiger charge is -2.16. The van der Waals surface area contributed by atoms with Gasteiger partial charge in [0.15, 0.2) is 0 Å². The number of amides is 1. The number of carbonyl (C=O) groups is 1. The minimum atomic E-state index is -0.532. The number of hydrogen-bond acceptors (Lipinski definition) is 3. The van der Waals surface area contributed by atoms with Gasteiger partial charge in [0, 0.05) is 20.2 Å². The second-order valence-electron chi connectivity index (χ2n) is 3.28. The molecule has 0 aromatic heterocycles. The summed E-state index contributed by atoms with van der Waals surface area (Å²) in [7, 11) is 1.65. The van der Waals surface area contributed by atoms with Gasteiger partial charge in [-0.3, -0.25) is 4.79 Å². The third kappa shape index (κ3) is 2.19. The van der Waals surface area contributed by atoms with Gasteiger partial charge in [-0.15, -0.1) is 0 Å². The van der Waals surface area contributed by atoms with Gasteiger partial charge in [0.1, 0.15) is 5.92 Å². The van der Waals surface area contributed by atoms with E-state index in [1.54, 1.807) is 18.9 Å². The molecule has 1 fully saturated rings. The van der Waals surface area contributed by atoms with Crippen molar-refractivity contribution in [2.75, 3.05) is 20.2 Å². The first-order valence-electron chi connectivity index (χ1n) is 4.40. The van der Waals surface area contributed by atoms with E-state index in [1.807, 2.05) is 6.07 Å². The Morgan fingerprint density at radius 3 is 2.92 bits per heavy atom. The molecule has 13 heavy (non-hydrogen) atoms. The third-order valence-corrected chi connectivity index (χ3v) is 2.35. The van der Waals surface area contributed by atoms with Crippen molar-refractivity contribution in [2.24, 2.45) is 5.92 Å². The van der Waals surface area contributed by atoms with Crippen LogP contribution in [0, 0.1) is 17.2 Å². The molecule has 0 N–H and O–H groups in total. The molecule has 0 radical (unpaired) electrons. The van der Waals surface area contributed by atoms with E-state index in [0.717, 1.165) is 6.42 Å². The van der Waals surface area contributed by atoms with E-state index >= 15 is 0 Å². The Morgan fingerprint density at radius 2 is 2.46 bits per heavy atom. The molecular formula is C9H14N2O2. The highest BCUT2D eigenvalue weighted by Crippen LogP contribution is 2.14. The molecule has 1 rings (SSSR count). The van der Waals surface area contributed by atoms with Crippen molar-refractivity contribution in [3.05, 3.63) is 0 Å². The Hall–Kier alpha value is -1.08. The molecular weight excluding hydrogens is 168 g/mol. The van der Waals surface area contributed by atoms with Crippen LogP contribution in [0.1, 0.15) is 13.3 Å². The predicted octanol–water partition coefficient (Wildman–Crippen LogP) is 0.393. The fraction of sp³-hybridized carbons (Fsp3) is 0.778. The molecule has 4 nitrogen and oxygen atoms in total. The number of nitriles is 1. The maximum Gasteiger partial charge on any atom is 0.239 e. The number of rotatable bonds is 2. The molecule has 0 bridgehead atoms. The van der Waals surface area contributed by atoms with Gasteiger partial charge in [-0.05, 0) is 13.3 Å². The number of methoxy groups -OCH3 is 1. The molecule has 4 heteroatoms. The fourth-order valence-electron chi connectivity index (χ4n) is 1.45. The summed E-state index contributed by atoms with van der Waals surface area (Å²) in [5, 5.41) is 8.56. The highest BCUT2D eigenvalue weighted by Gasteiger charge is 2.28. The maximum atomic E-state index is 11.5. The van der Waals surface area contributed by atoms with Crippen LogP contribution in [0.15, 0.2) is 0 Å². The SMILES string of the molecule is COC1CCN(C(=O)C(C)C#N)C1. The molecule has 0 aromatic rings. The molecule has 0 aliphatic carbocycles. The van der Waals surface area contributed by atoms with Crippen LogP contribution in [-0.4, -0.2) is 37.1 Å². The van der Waals surface area contributed by atoms with Crippen molar-refractivity contribution in [2.45, 2.75) is 19.4 Å². The molecule has 0 spiro atoms. The van der Waals surface area contributed by atoms with E-state index in [9.17, 15) is 4.79 Å². The van der Waals surface area contributed by atoms with Gasteiger partial charge in [0.25, 0.3) is 0 Å². The third-order valence-electron chi connectivity index (χ3n) is 2.35. The average molecular weight is 182 g/mol. The zero-order chi connectivity index (χ0) is 9.84. The molecule has 1 saturated heterocycles. The predicted molar refractivity (Wildman–Crippen MR) is 46.8 cm³/mol. The Kier molecular flexibility index (Phi) is 3.26. The Labute approximate surface area is 78.1 Å². The van der Waals surface area contributed by atoms with Crippen LogP contribution < -0.4 is 0 Å². The topological polar surface area (TPSA) is 53.3 Å². The smallest absolute Gasteiger partial charge is 0.239 e. The summed E-state index contributed by atoms with van der Waals surface area (Å²) in [5.74, 6) is -0.613. The molecule has 0 aromatic carbocycles. The van der Waals surface area contributed by atoms with Crippen molar-refractivity contribution >= 4 is 5.91 Å². The van der Waals surface area contributed by atoms with E-state index in [-0.39, 0.29) is 12.0 Å². The van der Waals surface area contributed by atoms with Gasteiger partial charge in [-0.2, -0.15) is 5.26 Å². The van der Waals surface area contributed by atoms with Crippen molar-refractivity contribution in [1.29, 1.82) is 5.26 Å². The zero-order valence-corrected chi connectivity index (χ0v) is 7.99. The van der Waals surface area contributed by atoms with Crippen molar-refractivity contribution in [3.63, 3.8) is 0 Å². The number of ether oxygens (including phenoxy) is 1. The van der Waals surface area contributed by atoms with Gasteiger partial charge >= 0.3 is 0 Å². The van der Waals surface area contributed by atoms with Crippen LogP contribution in [0.4, 0.5) is 0 Å². The van der Waals surface area contributed by atoms with E-state index in [2.05, 4.69) is 0 Å². The minimum absolute atomic E-state index is 0.0814. The summed E-state index contributed by atoms with van der Waals surface area (Å²) in [6.07, 6.45) is 1.02. The Bertz CT molecular complexity index is 234. The van der Waals surface area contributed by atoms with Gasteiger partial charge in [0.2, 0.25) is 5.91 Å². The monoisotopic (exact) mass is 182 g/mol. The largest absolute Gasteiger partial charge is 0.380 e. The molecule has 2 atom stereocenters. The van der Waals surface area contributed by atoms with Crippen molar-refractivity contribution < 1.29 is 9.53 Å². The number of likely N-dealkylation sites (tertiary alicyclic amines) is 1. The van der Waals surface area contributed by atoms with Crippen molar-refractivity contribution in [1.82, 2.24) is 4.90 Å². The molecule has 0 saturated carbocycles. The summed E-state index contributed by atoms with van der Waals surface area (Å²) in [6.45, 7) is 2.97. The van der Waals surface area contributed by atoms with Gasteiger partial charge < -0.3 is 9.64 Å². The molecule has 1 aliphatic rings. The summed E-state index contributed by atoms with van der Waals surface area (Å²) in [4.78, 5) is 13.2. The lowest BCUT2D eigenvalue weighted by Crippen LogP contribution is -2.33. The molecule has 72 valence electrons. The van der Waals surface area contributed by atoms with Gasteiger partial charge in [-0.1, -0.05) is 0 Å². The van der Waals surface area contributed by atoms with Crippen molar-refractivity contribution in [3.8, 4) is 6.07 Å². The fourth-order valence-corrected chi connectivity index (χ4v) is 1.45. The quantitative estimate of drug-likeness (QED) is 0.621. The molecule has 1 heterocycles. The van der Waals surface area contributed by atoms with Gasteiger partial charge in [0.05, 0.1) is 12.2 Å². The first kappa shape index (κ1) is 10.0. The standard InChI is InChI=1S/C9H14N2O2/c1-7(5-10)9(12)11-4-3-8(6-11)13-2/h7-8H,3-4,6H2,1-2H3. The van der Waals surface area contributed by atoms with E-state index in [0.29, 0.717) is 13.1 Å². The summed E-state index contributed by atoms with van der Waals surface area (Å²) in [5.41, 5.74) is 0. The first-order valence-corrected chi connectivity index (χ1v) is 4.40.